The summed E-state index contributed by atoms with van der Waals surface area (Å²) in [4.78, 5) is 13.5. The van der Waals surface area contributed by atoms with Gasteiger partial charge in [0.25, 0.3) is 0 Å². The number of carbonyl (C=O) groups excluding carboxylic acids is 1. The van der Waals surface area contributed by atoms with Gasteiger partial charge in [-0.25, -0.2) is 4.79 Å². The van der Waals surface area contributed by atoms with Gasteiger partial charge in [-0.05, 0) is 18.1 Å². The van der Waals surface area contributed by atoms with Gasteiger partial charge in [0.2, 0.25) is 0 Å². The molecule has 0 bridgehead atoms. The molecule has 1 aliphatic heterocycles. The summed E-state index contributed by atoms with van der Waals surface area (Å²) in [5.41, 5.74) is 2.25. The standard InChI is InChI=1S/C11H13ClN2O/c12-6-7-13-11(15)14-8-5-9-3-1-2-4-10(9)14/h1-4H,5-8H2,(H,13,15). The van der Waals surface area contributed by atoms with Crippen LogP contribution in [-0.2, 0) is 6.42 Å². The normalized spacial score (nSPS) is 13.8. The highest BCUT2D eigenvalue weighted by Gasteiger charge is 2.23. The van der Waals surface area contributed by atoms with E-state index in [1.807, 2.05) is 18.2 Å². The molecule has 1 N–H and O–H groups in total. The molecule has 0 unspecified atom stereocenters. The zero-order valence-electron chi connectivity index (χ0n) is 8.37. The van der Waals surface area contributed by atoms with E-state index in [1.165, 1.54) is 5.56 Å². The van der Waals surface area contributed by atoms with Crippen molar-refractivity contribution in [2.45, 2.75) is 6.42 Å². The molecular formula is C11H13ClN2O. The SMILES string of the molecule is O=C(NCCCl)N1CCc2ccccc21. The number of alkyl halides is 1. The summed E-state index contributed by atoms with van der Waals surface area (Å²) < 4.78 is 0. The lowest BCUT2D eigenvalue weighted by molar-refractivity contribution is 0.247. The van der Waals surface area contributed by atoms with Crippen molar-refractivity contribution in [3.8, 4) is 0 Å². The number of halogens is 1. The van der Waals surface area contributed by atoms with Crippen LogP contribution in [0.2, 0.25) is 0 Å². The van der Waals surface area contributed by atoms with Gasteiger partial charge in [-0.3, -0.25) is 4.90 Å². The maximum absolute atomic E-state index is 11.7. The molecule has 1 aliphatic rings. The van der Waals surface area contributed by atoms with Crippen LogP contribution in [0.1, 0.15) is 5.56 Å². The fourth-order valence-electron chi connectivity index (χ4n) is 1.80. The lowest BCUT2D eigenvalue weighted by atomic mass is 10.2. The number of nitrogens with one attached hydrogen (secondary N) is 1. The number of para-hydroxylation sites is 1. The van der Waals surface area contributed by atoms with E-state index in [0.29, 0.717) is 12.4 Å². The second-order valence-corrected chi connectivity index (χ2v) is 3.83. The first-order valence-corrected chi connectivity index (χ1v) is 5.55. The van der Waals surface area contributed by atoms with Gasteiger partial charge >= 0.3 is 6.03 Å². The molecule has 0 aliphatic carbocycles. The average Bonchev–Trinajstić information content (AvgIpc) is 2.69. The number of hydrogen-bond donors (Lipinski definition) is 1. The van der Waals surface area contributed by atoms with Gasteiger partial charge in [0.1, 0.15) is 0 Å². The van der Waals surface area contributed by atoms with Crippen LogP contribution >= 0.6 is 11.6 Å². The summed E-state index contributed by atoms with van der Waals surface area (Å²) in [6.07, 6.45) is 0.935. The van der Waals surface area contributed by atoms with E-state index in [1.54, 1.807) is 4.90 Å². The van der Waals surface area contributed by atoms with Crippen LogP contribution in [0.4, 0.5) is 10.5 Å². The first kappa shape index (κ1) is 10.3. The summed E-state index contributed by atoms with van der Waals surface area (Å²) in [6, 6.07) is 7.93. The van der Waals surface area contributed by atoms with E-state index in [0.717, 1.165) is 18.7 Å². The molecule has 3 nitrogen and oxygen atoms in total. The van der Waals surface area contributed by atoms with Crippen LogP contribution in [0.3, 0.4) is 0 Å². The quantitative estimate of drug-likeness (QED) is 0.766. The summed E-state index contributed by atoms with van der Waals surface area (Å²) in [7, 11) is 0. The highest BCUT2D eigenvalue weighted by atomic mass is 35.5. The lowest BCUT2D eigenvalue weighted by Gasteiger charge is -2.17. The maximum Gasteiger partial charge on any atom is 0.321 e. The van der Waals surface area contributed by atoms with Crippen molar-refractivity contribution in [3.63, 3.8) is 0 Å². The third kappa shape index (κ3) is 2.07. The number of amides is 2. The molecule has 1 aromatic rings. The van der Waals surface area contributed by atoms with Crippen molar-refractivity contribution in [1.29, 1.82) is 0 Å². The smallest absolute Gasteiger partial charge is 0.321 e. The van der Waals surface area contributed by atoms with E-state index in [2.05, 4.69) is 11.4 Å². The van der Waals surface area contributed by atoms with E-state index < -0.39 is 0 Å². The molecule has 15 heavy (non-hydrogen) atoms. The Balaban J connectivity index is 2.10. The topological polar surface area (TPSA) is 32.3 Å². The Morgan fingerprint density at radius 2 is 2.27 bits per heavy atom. The Bertz CT molecular complexity index is 367. The van der Waals surface area contributed by atoms with Crippen LogP contribution < -0.4 is 10.2 Å². The molecule has 80 valence electrons. The Morgan fingerprint density at radius 1 is 1.47 bits per heavy atom. The third-order valence-corrected chi connectivity index (χ3v) is 2.69. The molecular weight excluding hydrogens is 212 g/mol. The number of anilines is 1. The van der Waals surface area contributed by atoms with Crippen molar-refractivity contribution in [3.05, 3.63) is 29.8 Å². The van der Waals surface area contributed by atoms with Crippen LogP contribution in [-0.4, -0.2) is 25.0 Å². The lowest BCUT2D eigenvalue weighted by Crippen LogP contribution is -2.39. The first-order valence-electron chi connectivity index (χ1n) is 5.02. The van der Waals surface area contributed by atoms with E-state index in [4.69, 9.17) is 11.6 Å². The number of fused-ring (bicyclic) bond motifs is 1. The van der Waals surface area contributed by atoms with Gasteiger partial charge in [-0.1, -0.05) is 18.2 Å². The van der Waals surface area contributed by atoms with Crippen LogP contribution in [0.25, 0.3) is 0 Å². The maximum atomic E-state index is 11.7. The molecule has 0 saturated carbocycles. The second kappa shape index (κ2) is 4.53. The number of rotatable bonds is 2. The highest BCUT2D eigenvalue weighted by molar-refractivity contribution is 6.18. The van der Waals surface area contributed by atoms with Gasteiger partial charge in [0, 0.05) is 24.7 Å². The number of benzene rings is 1. The highest BCUT2D eigenvalue weighted by Crippen LogP contribution is 2.27. The van der Waals surface area contributed by atoms with Gasteiger partial charge in [0.15, 0.2) is 0 Å². The molecule has 1 heterocycles. The molecule has 0 atom stereocenters. The zero-order chi connectivity index (χ0) is 10.7. The first-order chi connectivity index (χ1) is 7.33. The summed E-state index contributed by atoms with van der Waals surface area (Å²) >= 11 is 5.52. The van der Waals surface area contributed by atoms with Crippen molar-refractivity contribution in [2.24, 2.45) is 0 Å². The summed E-state index contributed by atoms with van der Waals surface area (Å²) in [5.74, 6) is 0.446. The Morgan fingerprint density at radius 3 is 3.07 bits per heavy atom. The Kier molecular flexibility index (Phi) is 3.11. The van der Waals surface area contributed by atoms with E-state index in [-0.39, 0.29) is 6.03 Å². The molecule has 2 rings (SSSR count). The molecule has 2 amide bonds. The van der Waals surface area contributed by atoms with Crippen LogP contribution in [0, 0.1) is 0 Å². The van der Waals surface area contributed by atoms with Crippen LogP contribution in [0.15, 0.2) is 24.3 Å². The third-order valence-electron chi connectivity index (χ3n) is 2.50. The van der Waals surface area contributed by atoms with E-state index in [9.17, 15) is 4.79 Å². The largest absolute Gasteiger partial charge is 0.336 e. The van der Waals surface area contributed by atoms with Gasteiger partial charge in [-0.15, -0.1) is 11.6 Å². The average molecular weight is 225 g/mol. The van der Waals surface area contributed by atoms with Crippen molar-refractivity contribution >= 4 is 23.3 Å². The molecule has 4 heteroatoms. The number of urea groups is 1. The van der Waals surface area contributed by atoms with E-state index >= 15 is 0 Å². The van der Waals surface area contributed by atoms with Gasteiger partial charge in [0.05, 0.1) is 0 Å². The number of nitrogens with zero attached hydrogens (tertiary/aromatic N) is 1. The fourth-order valence-corrected chi connectivity index (χ4v) is 1.89. The molecule has 0 aromatic heterocycles. The minimum absolute atomic E-state index is 0.0550. The van der Waals surface area contributed by atoms with Crippen LogP contribution in [0.5, 0.6) is 0 Å². The molecule has 0 spiro atoms. The monoisotopic (exact) mass is 224 g/mol. The van der Waals surface area contributed by atoms with Gasteiger partial charge in [-0.2, -0.15) is 0 Å². The summed E-state index contributed by atoms with van der Waals surface area (Å²) in [6.45, 7) is 1.27. The fraction of sp³-hybridized carbons (Fsp3) is 0.364. The van der Waals surface area contributed by atoms with Crippen molar-refractivity contribution in [1.82, 2.24) is 5.32 Å². The molecule has 0 saturated heterocycles. The predicted octanol–water partition coefficient (Wildman–Crippen LogP) is 2.00. The predicted molar refractivity (Wildman–Crippen MR) is 61.6 cm³/mol. The summed E-state index contributed by atoms with van der Waals surface area (Å²) in [5, 5.41) is 2.77. The van der Waals surface area contributed by atoms with Gasteiger partial charge < -0.3 is 5.32 Å². The van der Waals surface area contributed by atoms with Crippen molar-refractivity contribution in [2.75, 3.05) is 23.9 Å². The molecule has 0 radical (unpaired) electrons. The minimum Gasteiger partial charge on any atom is -0.336 e. The molecule has 0 fully saturated rings. The number of hydrogen-bond acceptors (Lipinski definition) is 1. The zero-order valence-corrected chi connectivity index (χ0v) is 9.13. The molecule has 1 aromatic carbocycles. The second-order valence-electron chi connectivity index (χ2n) is 3.45. The Labute approximate surface area is 94.0 Å². The van der Waals surface area contributed by atoms with Crippen molar-refractivity contribution < 1.29 is 4.79 Å². The Hall–Kier alpha value is -1.22. The minimum atomic E-state index is -0.0550. The number of carbonyl (C=O) groups is 1.